The average molecular weight is 251 g/mol. The van der Waals surface area contributed by atoms with E-state index in [1.807, 2.05) is 13.8 Å². The van der Waals surface area contributed by atoms with Crippen LogP contribution in [0, 0.1) is 17.0 Å². The van der Waals surface area contributed by atoms with E-state index in [1.165, 1.54) is 12.1 Å². The van der Waals surface area contributed by atoms with Crippen LogP contribution in [0.25, 0.3) is 0 Å². The van der Waals surface area contributed by atoms with Crippen molar-refractivity contribution in [1.82, 2.24) is 5.32 Å². The lowest BCUT2D eigenvalue weighted by Crippen LogP contribution is -2.34. The highest BCUT2D eigenvalue weighted by Crippen LogP contribution is 2.20. The van der Waals surface area contributed by atoms with Crippen molar-refractivity contribution in [2.24, 2.45) is 0 Å². The number of amides is 1. The molecule has 0 aromatic heterocycles. The van der Waals surface area contributed by atoms with Gasteiger partial charge in [-0.3, -0.25) is 14.9 Å². The minimum absolute atomic E-state index is 0.0155. The second-order valence-corrected chi connectivity index (χ2v) is 4.39. The van der Waals surface area contributed by atoms with Crippen molar-refractivity contribution < 1.29 is 9.72 Å². The zero-order chi connectivity index (χ0) is 13.7. The van der Waals surface area contributed by atoms with Gasteiger partial charge in [0.2, 0.25) is 5.91 Å². The maximum absolute atomic E-state index is 11.4. The molecule has 0 aliphatic carbocycles. The van der Waals surface area contributed by atoms with Crippen LogP contribution in [0.3, 0.4) is 0 Å². The minimum atomic E-state index is -0.452. The first-order valence-electron chi connectivity index (χ1n) is 5.68. The van der Waals surface area contributed by atoms with Gasteiger partial charge in [-0.05, 0) is 32.4 Å². The smallest absolute Gasteiger partial charge is 0.271 e. The molecule has 0 saturated heterocycles. The van der Waals surface area contributed by atoms with Crippen molar-refractivity contribution in [1.29, 1.82) is 0 Å². The fourth-order valence-electron chi connectivity index (χ4n) is 1.53. The molecule has 0 spiro atoms. The van der Waals surface area contributed by atoms with E-state index >= 15 is 0 Å². The maximum atomic E-state index is 11.4. The molecule has 0 radical (unpaired) electrons. The Morgan fingerprint density at radius 2 is 2.06 bits per heavy atom. The summed E-state index contributed by atoms with van der Waals surface area (Å²) in [5.74, 6) is -0.144. The summed E-state index contributed by atoms with van der Waals surface area (Å²) >= 11 is 0. The number of nitrogens with zero attached hydrogens (tertiary/aromatic N) is 1. The summed E-state index contributed by atoms with van der Waals surface area (Å²) in [6.07, 6.45) is 0. The highest BCUT2D eigenvalue weighted by atomic mass is 16.6. The molecule has 0 unspecified atom stereocenters. The fraction of sp³-hybridized carbons (Fsp3) is 0.417. The highest BCUT2D eigenvalue weighted by Gasteiger charge is 2.09. The molecule has 0 aliphatic heterocycles. The lowest BCUT2D eigenvalue weighted by atomic mass is 10.2. The molecular formula is C12H17N3O3. The number of benzene rings is 1. The quantitative estimate of drug-likeness (QED) is 0.617. The molecule has 0 aliphatic rings. The second-order valence-electron chi connectivity index (χ2n) is 4.39. The molecule has 0 atom stereocenters. The van der Waals surface area contributed by atoms with Gasteiger partial charge in [0, 0.05) is 23.9 Å². The van der Waals surface area contributed by atoms with Crippen LogP contribution in [-0.4, -0.2) is 23.4 Å². The molecule has 0 fully saturated rings. The van der Waals surface area contributed by atoms with Crippen LogP contribution in [0.15, 0.2) is 18.2 Å². The number of carbonyl (C=O) groups excluding carboxylic acids is 1. The first kappa shape index (κ1) is 14.0. The summed E-state index contributed by atoms with van der Waals surface area (Å²) in [4.78, 5) is 21.7. The Kier molecular flexibility index (Phi) is 4.65. The van der Waals surface area contributed by atoms with E-state index in [4.69, 9.17) is 0 Å². The van der Waals surface area contributed by atoms with E-state index in [9.17, 15) is 14.9 Å². The first-order chi connectivity index (χ1) is 8.38. The van der Waals surface area contributed by atoms with Gasteiger partial charge in [-0.25, -0.2) is 0 Å². The Bertz CT molecular complexity index is 458. The SMILES string of the molecule is Cc1cc(NCC(=O)NC(C)C)cc([N+](=O)[O-])c1. The number of carbonyl (C=O) groups is 1. The number of nitrogens with one attached hydrogen (secondary N) is 2. The van der Waals surface area contributed by atoms with Crippen LogP contribution < -0.4 is 10.6 Å². The lowest BCUT2D eigenvalue weighted by molar-refractivity contribution is -0.384. The third-order valence-corrected chi connectivity index (χ3v) is 2.18. The Balaban J connectivity index is 2.67. The summed E-state index contributed by atoms with van der Waals surface area (Å²) < 4.78 is 0. The van der Waals surface area contributed by atoms with Crippen molar-refractivity contribution in [2.75, 3.05) is 11.9 Å². The predicted molar refractivity (Wildman–Crippen MR) is 69.6 cm³/mol. The number of aryl methyl sites for hydroxylation is 1. The maximum Gasteiger partial charge on any atom is 0.271 e. The van der Waals surface area contributed by atoms with Gasteiger partial charge in [-0.1, -0.05) is 0 Å². The summed E-state index contributed by atoms with van der Waals surface area (Å²) in [5.41, 5.74) is 1.36. The van der Waals surface area contributed by atoms with E-state index in [2.05, 4.69) is 10.6 Å². The van der Waals surface area contributed by atoms with Gasteiger partial charge in [-0.15, -0.1) is 0 Å². The van der Waals surface area contributed by atoms with Crippen LogP contribution in [0.5, 0.6) is 0 Å². The largest absolute Gasteiger partial charge is 0.376 e. The molecule has 1 amide bonds. The molecule has 6 heteroatoms. The van der Waals surface area contributed by atoms with E-state index < -0.39 is 4.92 Å². The summed E-state index contributed by atoms with van der Waals surface area (Å²) in [7, 11) is 0. The van der Waals surface area contributed by atoms with Gasteiger partial charge in [0.15, 0.2) is 0 Å². The zero-order valence-electron chi connectivity index (χ0n) is 10.7. The topological polar surface area (TPSA) is 84.3 Å². The number of anilines is 1. The Morgan fingerprint density at radius 3 is 2.61 bits per heavy atom. The summed E-state index contributed by atoms with van der Waals surface area (Å²) in [6.45, 7) is 5.61. The number of rotatable bonds is 5. The predicted octanol–water partition coefficient (Wildman–Crippen LogP) is 1.84. The van der Waals surface area contributed by atoms with Gasteiger partial charge >= 0.3 is 0 Å². The molecule has 98 valence electrons. The van der Waals surface area contributed by atoms with Crippen molar-refractivity contribution in [3.63, 3.8) is 0 Å². The molecule has 0 heterocycles. The number of hydrogen-bond donors (Lipinski definition) is 2. The van der Waals surface area contributed by atoms with E-state index in [1.54, 1.807) is 13.0 Å². The number of nitro groups is 1. The summed E-state index contributed by atoms with van der Waals surface area (Å²) in [5, 5.41) is 16.3. The number of hydrogen-bond acceptors (Lipinski definition) is 4. The fourth-order valence-corrected chi connectivity index (χ4v) is 1.53. The molecule has 2 N–H and O–H groups in total. The van der Waals surface area contributed by atoms with Crippen LogP contribution >= 0.6 is 0 Å². The zero-order valence-corrected chi connectivity index (χ0v) is 10.7. The van der Waals surface area contributed by atoms with Crippen LogP contribution in [0.2, 0.25) is 0 Å². The lowest BCUT2D eigenvalue weighted by Gasteiger charge is -2.10. The van der Waals surface area contributed by atoms with Crippen LogP contribution in [0.4, 0.5) is 11.4 Å². The van der Waals surface area contributed by atoms with Crippen LogP contribution in [0.1, 0.15) is 19.4 Å². The standard InChI is InChI=1S/C12H17N3O3/c1-8(2)14-12(16)7-13-10-4-9(3)5-11(6-10)15(17)18/h4-6,8,13H,7H2,1-3H3,(H,14,16). The van der Waals surface area contributed by atoms with E-state index in [0.717, 1.165) is 5.56 Å². The monoisotopic (exact) mass is 251 g/mol. The van der Waals surface area contributed by atoms with Crippen molar-refractivity contribution in [3.8, 4) is 0 Å². The molecule has 0 saturated carbocycles. The van der Waals surface area contributed by atoms with Crippen molar-refractivity contribution in [2.45, 2.75) is 26.8 Å². The molecule has 1 aromatic carbocycles. The van der Waals surface area contributed by atoms with E-state index in [-0.39, 0.29) is 24.2 Å². The van der Waals surface area contributed by atoms with Gasteiger partial charge < -0.3 is 10.6 Å². The Hall–Kier alpha value is -2.11. The molecule has 18 heavy (non-hydrogen) atoms. The highest BCUT2D eigenvalue weighted by molar-refractivity contribution is 5.81. The van der Waals surface area contributed by atoms with Crippen molar-refractivity contribution in [3.05, 3.63) is 33.9 Å². The Labute approximate surface area is 106 Å². The third-order valence-electron chi connectivity index (χ3n) is 2.18. The van der Waals surface area contributed by atoms with Gasteiger partial charge in [-0.2, -0.15) is 0 Å². The first-order valence-corrected chi connectivity index (χ1v) is 5.68. The second kappa shape index (κ2) is 6.00. The number of nitro benzene ring substituents is 1. The average Bonchev–Trinajstić information content (AvgIpc) is 2.24. The summed E-state index contributed by atoms with van der Waals surface area (Å²) in [6, 6.07) is 4.73. The van der Waals surface area contributed by atoms with E-state index in [0.29, 0.717) is 5.69 Å². The number of non-ortho nitro benzene ring substituents is 1. The molecular weight excluding hydrogens is 234 g/mol. The third kappa shape index (κ3) is 4.40. The van der Waals surface area contributed by atoms with Crippen LogP contribution in [-0.2, 0) is 4.79 Å². The Morgan fingerprint density at radius 1 is 1.39 bits per heavy atom. The minimum Gasteiger partial charge on any atom is -0.376 e. The van der Waals surface area contributed by atoms with Gasteiger partial charge in [0.25, 0.3) is 5.69 Å². The normalized spacial score (nSPS) is 10.2. The molecule has 0 bridgehead atoms. The van der Waals surface area contributed by atoms with Crippen molar-refractivity contribution >= 4 is 17.3 Å². The van der Waals surface area contributed by atoms with Gasteiger partial charge in [0.1, 0.15) is 0 Å². The molecule has 1 aromatic rings. The molecule has 6 nitrogen and oxygen atoms in total. The molecule has 1 rings (SSSR count). The van der Waals surface area contributed by atoms with Gasteiger partial charge in [0.05, 0.1) is 11.5 Å².